The zero-order chi connectivity index (χ0) is 12.0. The molecule has 0 aromatic carbocycles. The van der Waals surface area contributed by atoms with Crippen molar-refractivity contribution in [1.82, 2.24) is 4.90 Å². The van der Waals surface area contributed by atoms with Crippen LogP contribution in [0.2, 0.25) is 0 Å². The molecule has 1 aliphatic rings. The standard InChI is InChI=1S/C12H24N2O2/c1-3-4-5-14-8-10(6-11(13)9-14)7-12(15)16-2/h10-11H,3-9,13H2,1-2H3. The highest BCUT2D eigenvalue weighted by Gasteiger charge is 2.26. The van der Waals surface area contributed by atoms with Crippen LogP contribution in [0.4, 0.5) is 0 Å². The molecule has 0 aromatic heterocycles. The van der Waals surface area contributed by atoms with E-state index in [0.717, 1.165) is 26.1 Å². The summed E-state index contributed by atoms with van der Waals surface area (Å²) in [5.74, 6) is 0.252. The van der Waals surface area contributed by atoms with E-state index in [-0.39, 0.29) is 12.0 Å². The van der Waals surface area contributed by atoms with Gasteiger partial charge in [0.05, 0.1) is 7.11 Å². The van der Waals surface area contributed by atoms with E-state index in [9.17, 15) is 4.79 Å². The number of nitrogens with zero attached hydrogens (tertiary/aromatic N) is 1. The number of likely N-dealkylation sites (tertiary alicyclic amines) is 1. The third-order valence-corrected chi connectivity index (χ3v) is 3.16. The van der Waals surface area contributed by atoms with Gasteiger partial charge in [0, 0.05) is 25.6 Å². The number of esters is 1. The molecule has 0 radical (unpaired) electrons. The molecular formula is C12H24N2O2. The summed E-state index contributed by atoms with van der Waals surface area (Å²) in [7, 11) is 1.44. The minimum atomic E-state index is -0.116. The lowest BCUT2D eigenvalue weighted by atomic mass is 9.92. The number of rotatable bonds is 5. The Hall–Kier alpha value is -0.610. The largest absolute Gasteiger partial charge is 0.469 e. The number of nitrogens with two attached hydrogens (primary N) is 1. The van der Waals surface area contributed by atoms with Gasteiger partial charge in [0.1, 0.15) is 0 Å². The second-order valence-corrected chi connectivity index (χ2v) is 4.76. The maximum atomic E-state index is 11.2. The first-order valence-corrected chi connectivity index (χ1v) is 6.20. The van der Waals surface area contributed by atoms with E-state index in [1.165, 1.54) is 20.0 Å². The van der Waals surface area contributed by atoms with Crippen LogP contribution in [0.1, 0.15) is 32.6 Å². The number of hydrogen-bond acceptors (Lipinski definition) is 4. The van der Waals surface area contributed by atoms with Crippen molar-refractivity contribution in [2.75, 3.05) is 26.7 Å². The molecule has 0 aliphatic carbocycles. The average Bonchev–Trinajstić information content (AvgIpc) is 2.25. The summed E-state index contributed by atoms with van der Waals surface area (Å²) in [6, 6.07) is 0.209. The highest BCUT2D eigenvalue weighted by atomic mass is 16.5. The summed E-state index contributed by atoms with van der Waals surface area (Å²) in [5, 5.41) is 0. The van der Waals surface area contributed by atoms with Crippen LogP contribution in [-0.4, -0.2) is 43.7 Å². The first-order valence-electron chi connectivity index (χ1n) is 6.20. The fraction of sp³-hybridized carbons (Fsp3) is 0.917. The lowest BCUT2D eigenvalue weighted by Crippen LogP contribution is -2.47. The minimum Gasteiger partial charge on any atom is -0.469 e. The van der Waals surface area contributed by atoms with Crippen LogP contribution >= 0.6 is 0 Å². The van der Waals surface area contributed by atoms with Gasteiger partial charge in [0.15, 0.2) is 0 Å². The van der Waals surface area contributed by atoms with Gasteiger partial charge in [-0.1, -0.05) is 13.3 Å². The molecule has 1 fully saturated rings. The molecule has 1 saturated heterocycles. The Morgan fingerprint density at radius 3 is 2.88 bits per heavy atom. The minimum absolute atomic E-state index is 0.116. The second-order valence-electron chi connectivity index (χ2n) is 4.76. The lowest BCUT2D eigenvalue weighted by molar-refractivity contribution is -0.142. The maximum Gasteiger partial charge on any atom is 0.305 e. The highest BCUT2D eigenvalue weighted by Crippen LogP contribution is 2.19. The van der Waals surface area contributed by atoms with Crippen LogP contribution in [0, 0.1) is 5.92 Å². The fourth-order valence-corrected chi connectivity index (χ4v) is 2.38. The van der Waals surface area contributed by atoms with Gasteiger partial charge < -0.3 is 15.4 Å². The van der Waals surface area contributed by atoms with Crippen LogP contribution in [0.15, 0.2) is 0 Å². The number of unbranched alkanes of at least 4 members (excludes halogenated alkanes) is 1. The lowest BCUT2D eigenvalue weighted by Gasteiger charge is -2.35. The van der Waals surface area contributed by atoms with Crippen LogP contribution < -0.4 is 5.73 Å². The van der Waals surface area contributed by atoms with E-state index < -0.39 is 0 Å². The van der Waals surface area contributed by atoms with Gasteiger partial charge in [0.25, 0.3) is 0 Å². The predicted octanol–water partition coefficient (Wildman–Crippen LogP) is 0.999. The molecule has 2 unspecified atom stereocenters. The van der Waals surface area contributed by atoms with Crippen molar-refractivity contribution in [2.24, 2.45) is 11.7 Å². The molecular weight excluding hydrogens is 204 g/mol. The van der Waals surface area contributed by atoms with Crippen molar-refractivity contribution in [3.8, 4) is 0 Å². The molecule has 0 saturated carbocycles. The van der Waals surface area contributed by atoms with Crippen molar-refractivity contribution in [2.45, 2.75) is 38.6 Å². The monoisotopic (exact) mass is 228 g/mol. The Labute approximate surface area is 98.1 Å². The van der Waals surface area contributed by atoms with Crippen molar-refractivity contribution in [3.63, 3.8) is 0 Å². The highest BCUT2D eigenvalue weighted by molar-refractivity contribution is 5.69. The summed E-state index contributed by atoms with van der Waals surface area (Å²) in [6.07, 6.45) is 3.86. The molecule has 1 aliphatic heterocycles. The Morgan fingerprint density at radius 2 is 2.25 bits per heavy atom. The van der Waals surface area contributed by atoms with E-state index in [1.807, 2.05) is 0 Å². The molecule has 1 heterocycles. The topological polar surface area (TPSA) is 55.6 Å². The molecule has 0 aromatic rings. The third-order valence-electron chi connectivity index (χ3n) is 3.16. The number of methoxy groups -OCH3 is 1. The third kappa shape index (κ3) is 4.49. The summed E-state index contributed by atoms with van der Waals surface area (Å²) in [6.45, 7) is 5.25. The van der Waals surface area contributed by atoms with E-state index >= 15 is 0 Å². The predicted molar refractivity (Wildman–Crippen MR) is 64.1 cm³/mol. The zero-order valence-corrected chi connectivity index (χ0v) is 10.4. The molecule has 16 heavy (non-hydrogen) atoms. The molecule has 0 amide bonds. The Bertz CT molecular complexity index is 221. The van der Waals surface area contributed by atoms with Gasteiger partial charge in [0.2, 0.25) is 0 Å². The summed E-state index contributed by atoms with van der Waals surface area (Å²) >= 11 is 0. The van der Waals surface area contributed by atoms with Crippen molar-refractivity contribution in [3.05, 3.63) is 0 Å². The zero-order valence-electron chi connectivity index (χ0n) is 10.4. The maximum absolute atomic E-state index is 11.2. The first-order chi connectivity index (χ1) is 7.65. The van der Waals surface area contributed by atoms with Gasteiger partial charge in [-0.15, -0.1) is 0 Å². The Morgan fingerprint density at radius 1 is 1.50 bits per heavy atom. The number of carbonyl (C=O) groups is 1. The van der Waals surface area contributed by atoms with Crippen LogP contribution in [-0.2, 0) is 9.53 Å². The van der Waals surface area contributed by atoms with Gasteiger partial charge in [-0.3, -0.25) is 4.79 Å². The van der Waals surface area contributed by atoms with Gasteiger partial charge in [-0.2, -0.15) is 0 Å². The smallest absolute Gasteiger partial charge is 0.305 e. The molecule has 4 nitrogen and oxygen atoms in total. The Balaban J connectivity index is 2.37. The molecule has 2 N–H and O–H groups in total. The van der Waals surface area contributed by atoms with Crippen molar-refractivity contribution in [1.29, 1.82) is 0 Å². The molecule has 0 spiro atoms. The van der Waals surface area contributed by atoms with E-state index in [4.69, 9.17) is 10.5 Å². The number of carbonyl (C=O) groups excluding carboxylic acids is 1. The molecule has 94 valence electrons. The molecule has 1 rings (SSSR count). The Kier molecular flexibility index (Phi) is 5.77. The van der Waals surface area contributed by atoms with E-state index in [0.29, 0.717) is 12.3 Å². The van der Waals surface area contributed by atoms with E-state index in [2.05, 4.69) is 11.8 Å². The molecule has 0 bridgehead atoms. The molecule has 4 heteroatoms. The van der Waals surface area contributed by atoms with Gasteiger partial charge >= 0.3 is 5.97 Å². The molecule has 2 atom stereocenters. The fourth-order valence-electron chi connectivity index (χ4n) is 2.38. The summed E-state index contributed by atoms with van der Waals surface area (Å²) in [5.41, 5.74) is 6.01. The quantitative estimate of drug-likeness (QED) is 0.713. The van der Waals surface area contributed by atoms with Crippen LogP contribution in [0.3, 0.4) is 0 Å². The van der Waals surface area contributed by atoms with Gasteiger partial charge in [-0.05, 0) is 25.3 Å². The number of piperidine rings is 1. The second kappa shape index (κ2) is 6.86. The van der Waals surface area contributed by atoms with Gasteiger partial charge in [-0.25, -0.2) is 0 Å². The number of ether oxygens (including phenoxy) is 1. The van der Waals surface area contributed by atoms with Crippen molar-refractivity contribution >= 4 is 5.97 Å². The first kappa shape index (κ1) is 13.5. The normalized spacial score (nSPS) is 26.7. The van der Waals surface area contributed by atoms with Crippen molar-refractivity contribution < 1.29 is 9.53 Å². The van der Waals surface area contributed by atoms with Crippen LogP contribution in [0.5, 0.6) is 0 Å². The summed E-state index contributed by atoms with van der Waals surface area (Å²) in [4.78, 5) is 13.6. The average molecular weight is 228 g/mol. The van der Waals surface area contributed by atoms with Crippen LogP contribution in [0.25, 0.3) is 0 Å². The summed E-state index contributed by atoms with van der Waals surface area (Å²) < 4.78 is 4.71. The van der Waals surface area contributed by atoms with E-state index in [1.54, 1.807) is 0 Å². The SMILES string of the molecule is CCCCN1CC(N)CC(CC(=O)OC)C1. The number of hydrogen-bond donors (Lipinski definition) is 1.